The number of carbonyl (C=O) groups is 2. The smallest absolute Gasteiger partial charge is 0.255 e. The van der Waals surface area contributed by atoms with Crippen molar-refractivity contribution in [1.29, 1.82) is 0 Å². The first-order valence-corrected chi connectivity index (χ1v) is 8.00. The molecule has 1 aliphatic rings. The highest BCUT2D eigenvalue weighted by molar-refractivity contribution is 5.95. The topological polar surface area (TPSA) is 62.3 Å². The Morgan fingerprint density at radius 1 is 1.16 bits per heavy atom. The van der Waals surface area contributed by atoms with Crippen LogP contribution in [0.2, 0.25) is 0 Å². The molecule has 1 aliphatic heterocycles. The summed E-state index contributed by atoms with van der Waals surface area (Å²) in [7, 11) is 0. The molecular weight excluding hydrogens is 328 g/mol. The zero-order valence-electron chi connectivity index (χ0n) is 13.4. The van der Waals surface area contributed by atoms with E-state index in [1.165, 1.54) is 6.20 Å². The van der Waals surface area contributed by atoms with E-state index >= 15 is 0 Å². The molecule has 5 nitrogen and oxygen atoms in total. The average Bonchev–Trinajstić information content (AvgIpc) is 2.62. The van der Waals surface area contributed by atoms with E-state index in [0.29, 0.717) is 37.6 Å². The van der Waals surface area contributed by atoms with E-state index in [9.17, 15) is 18.4 Å². The molecule has 0 spiro atoms. The van der Waals surface area contributed by atoms with Crippen molar-refractivity contribution >= 4 is 11.8 Å². The summed E-state index contributed by atoms with van der Waals surface area (Å²) in [5.41, 5.74) is 0.341. The van der Waals surface area contributed by atoms with E-state index in [1.807, 2.05) is 0 Å². The van der Waals surface area contributed by atoms with Gasteiger partial charge in [-0.1, -0.05) is 0 Å². The molecule has 1 N–H and O–H groups in total. The van der Waals surface area contributed by atoms with Crippen molar-refractivity contribution in [3.63, 3.8) is 0 Å². The van der Waals surface area contributed by atoms with Crippen LogP contribution < -0.4 is 5.32 Å². The van der Waals surface area contributed by atoms with Gasteiger partial charge in [-0.2, -0.15) is 0 Å². The maximum atomic E-state index is 13.7. The minimum absolute atomic E-state index is 0.0949. The molecule has 1 aromatic carbocycles. The monoisotopic (exact) mass is 345 g/mol. The van der Waals surface area contributed by atoms with Crippen molar-refractivity contribution in [3.8, 4) is 0 Å². The molecule has 7 heteroatoms. The van der Waals surface area contributed by atoms with Crippen LogP contribution in [-0.4, -0.2) is 40.8 Å². The summed E-state index contributed by atoms with van der Waals surface area (Å²) in [6, 6.07) is 6.12. The van der Waals surface area contributed by atoms with Crippen LogP contribution in [0.15, 0.2) is 42.7 Å². The summed E-state index contributed by atoms with van der Waals surface area (Å²) in [4.78, 5) is 30.1. The number of halogens is 2. The second kappa shape index (κ2) is 7.38. The molecule has 2 aromatic rings. The van der Waals surface area contributed by atoms with Gasteiger partial charge in [-0.15, -0.1) is 0 Å². The van der Waals surface area contributed by atoms with Crippen LogP contribution in [0.3, 0.4) is 0 Å². The number of pyridine rings is 1. The molecule has 0 radical (unpaired) electrons. The summed E-state index contributed by atoms with van der Waals surface area (Å²) < 4.78 is 26.6. The lowest BCUT2D eigenvalue weighted by Gasteiger charge is -2.32. The molecule has 2 amide bonds. The fraction of sp³-hybridized carbons (Fsp3) is 0.278. The first-order valence-electron chi connectivity index (χ1n) is 8.00. The molecule has 0 atom stereocenters. The summed E-state index contributed by atoms with van der Waals surface area (Å²) in [5, 5.41) is 2.74. The second-order valence-corrected chi connectivity index (χ2v) is 5.91. The van der Waals surface area contributed by atoms with Gasteiger partial charge in [-0.3, -0.25) is 14.6 Å². The van der Waals surface area contributed by atoms with Crippen LogP contribution in [0, 0.1) is 11.6 Å². The van der Waals surface area contributed by atoms with Crippen molar-refractivity contribution < 1.29 is 18.4 Å². The van der Waals surface area contributed by atoms with Gasteiger partial charge in [-0.25, -0.2) is 8.78 Å². The fourth-order valence-corrected chi connectivity index (χ4v) is 2.84. The normalized spacial score (nSPS) is 15.0. The minimum atomic E-state index is -0.887. The lowest BCUT2D eigenvalue weighted by Crippen LogP contribution is -2.46. The third-order valence-corrected chi connectivity index (χ3v) is 4.20. The maximum absolute atomic E-state index is 13.7. The lowest BCUT2D eigenvalue weighted by atomic mass is 10.0. The van der Waals surface area contributed by atoms with Crippen molar-refractivity contribution in [2.75, 3.05) is 13.1 Å². The van der Waals surface area contributed by atoms with Crippen molar-refractivity contribution in [3.05, 3.63) is 65.5 Å². The Hall–Kier alpha value is -2.83. The highest BCUT2D eigenvalue weighted by atomic mass is 19.1. The van der Waals surface area contributed by atoms with Gasteiger partial charge in [0, 0.05) is 37.6 Å². The van der Waals surface area contributed by atoms with Gasteiger partial charge < -0.3 is 10.2 Å². The van der Waals surface area contributed by atoms with Gasteiger partial charge in [0.05, 0.1) is 11.1 Å². The number of rotatable bonds is 3. The number of piperidine rings is 1. The number of nitrogens with zero attached hydrogens (tertiary/aromatic N) is 2. The number of hydrogen-bond donors (Lipinski definition) is 1. The molecule has 0 unspecified atom stereocenters. The first-order chi connectivity index (χ1) is 12.0. The molecule has 0 saturated carbocycles. The minimum Gasteiger partial charge on any atom is -0.349 e. The zero-order chi connectivity index (χ0) is 17.8. The Morgan fingerprint density at radius 2 is 1.92 bits per heavy atom. The van der Waals surface area contributed by atoms with E-state index in [1.54, 1.807) is 23.2 Å². The quantitative estimate of drug-likeness (QED) is 0.929. The Balaban J connectivity index is 1.56. The van der Waals surface area contributed by atoms with Gasteiger partial charge in [0.25, 0.3) is 11.8 Å². The predicted octanol–water partition coefficient (Wildman–Crippen LogP) is 2.39. The van der Waals surface area contributed by atoms with E-state index < -0.39 is 17.5 Å². The van der Waals surface area contributed by atoms with Gasteiger partial charge in [0.15, 0.2) is 0 Å². The SMILES string of the molecule is O=C(NC1CCN(C(=O)c2cccnc2)CC1)c1ccc(F)cc1F. The molecular formula is C18H17F2N3O2. The van der Waals surface area contributed by atoms with Crippen LogP contribution in [0.1, 0.15) is 33.6 Å². The maximum Gasteiger partial charge on any atom is 0.255 e. The molecule has 2 heterocycles. The summed E-state index contributed by atoms with van der Waals surface area (Å²) in [5.74, 6) is -2.28. The Bertz CT molecular complexity index is 775. The van der Waals surface area contributed by atoms with Crippen molar-refractivity contribution in [2.24, 2.45) is 0 Å². The molecule has 1 aromatic heterocycles. The number of likely N-dealkylation sites (tertiary alicyclic amines) is 1. The van der Waals surface area contributed by atoms with Gasteiger partial charge in [0.2, 0.25) is 0 Å². The summed E-state index contributed by atoms with van der Waals surface area (Å²) >= 11 is 0. The van der Waals surface area contributed by atoms with Crippen molar-refractivity contribution in [2.45, 2.75) is 18.9 Å². The highest BCUT2D eigenvalue weighted by Gasteiger charge is 2.25. The van der Waals surface area contributed by atoms with Gasteiger partial charge in [-0.05, 0) is 37.1 Å². The van der Waals surface area contributed by atoms with Crippen LogP contribution in [0.25, 0.3) is 0 Å². The highest BCUT2D eigenvalue weighted by Crippen LogP contribution is 2.15. The molecule has 130 valence electrons. The number of hydrogen-bond acceptors (Lipinski definition) is 3. The van der Waals surface area contributed by atoms with E-state index in [-0.39, 0.29) is 17.5 Å². The predicted molar refractivity (Wildman–Crippen MR) is 87.0 cm³/mol. The van der Waals surface area contributed by atoms with Crippen molar-refractivity contribution in [1.82, 2.24) is 15.2 Å². The van der Waals surface area contributed by atoms with Gasteiger partial charge >= 0.3 is 0 Å². The Kier molecular flexibility index (Phi) is 5.02. The molecule has 3 rings (SSSR count). The zero-order valence-corrected chi connectivity index (χ0v) is 13.4. The number of aromatic nitrogens is 1. The van der Waals surface area contributed by atoms with Crippen LogP contribution >= 0.6 is 0 Å². The number of carbonyl (C=O) groups excluding carboxylic acids is 2. The summed E-state index contributed by atoms with van der Waals surface area (Å²) in [6.07, 6.45) is 4.27. The molecule has 1 saturated heterocycles. The van der Waals surface area contributed by atoms with Gasteiger partial charge in [0.1, 0.15) is 11.6 Å². The van der Waals surface area contributed by atoms with E-state index in [4.69, 9.17) is 0 Å². The second-order valence-electron chi connectivity index (χ2n) is 5.91. The first kappa shape index (κ1) is 17.0. The standard InChI is InChI=1S/C18H17F2N3O2/c19-13-3-4-15(16(20)10-13)17(24)22-14-5-8-23(9-6-14)18(25)12-2-1-7-21-11-12/h1-4,7,10-11,14H,5-6,8-9H2,(H,22,24). The Labute approximate surface area is 143 Å². The van der Waals surface area contributed by atoms with E-state index in [2.05, 4.69) is 10.3 Å². The third-order valence-electron chi connectivity index (χ3n) is 4.20. The number of benzene rings is 1. The molecule has 25 heavy (non-hydrogen) atoms. The fourth-order valence-electron chi connectivity index (χ4n) is 2.84. The largest absolute Gasteiger partial charge is 0.349 e. The van der Waals surface area contributed by atoms with E-state index in [0.717, 1.165) is 12.1 Å². The van der Waals surface area contributed by atoms with Crippen LogP contribution in [0.4, 0.5) is 8.78 Å². The van der Waals surface area contributed by atoms with Crippen LogP contribution in [-0.2, 0) is 0 Å². The molecule has 1 fully saturated rings. The number of amides is 2. The molecule has 0 aliphatic carbocycles. The summed E-state index contributed by atoms with van der Waals surface area (Å²) in [6.45, 7) is 0.981. The lowest BCUT2D eigenvalue weighted by molar-refractivity contribution is 0.0697. The number of nitrogens with one attached hydrogen (secondary N) is 1. The molecule has 0 bridgehead atoms. The Morgan fingerprint density at radius 3 is 2.56 bits per heavy atom. The average molecular weight is 345 g/mol. The third kappa shape index (κ3) is 3.99. The van der Waals surface area contributed by atoms with Crippen LogP contribution in [0.5, 0.6) is 0 Å².